The molecule has 3 aliphatic heterocycles. The first-order valence-electron chi connectivity index (χ1n) is 13.5. The van der Waals surface area contributed by atoms with Crippen molar-refractivity contribution in [1.82, 2.24) is 19.5 Å². The fourth-order valence-corrected chi connectivity index (χ4v) is 9.46. The van der Waals surface area contributed by atoms with Gasteiger partial charge in [0.1, 0.15) is 24.1 Å². The van der Waals surface area contributed by atoms with E-state index in [0.717, 1.165) is 4.44 Å². The van der Waals surface area contributed by atoms with Crippen molar-refractivity contribution in [3.63, 3.8) is 0 Å². The molecule has 46 heavy (non-hydrogen) atoms. The Morgan fingerprint density at radius 3 is 2.39 bits per heavy atom. The number of carbonyl (C=O) groups excluding carboxylic acids is 1. The molecule has 3 aliphatic rings. The normalized spacial score (nSPS) is 33.2. The Hall–Kier alpha value is -2.16. The number of anilines is 1. The average molecular weight is 755 g/mol. The summed E-state index contributed by atoms with van der Waals surface area (Å²) in [6, 6.07) is 1.61. The number of amides is 1. The Bertz CT molecular complexity index is 1720. The van der Waals surface area contributed by atoms with Gasteiger partial charge in [-0.1, -0.05) is 0 Å². The molecule has 6 rings (SSSR count). The molecule has 6 heterocycles. The molecule has 0 spiro atoms. The third-order valence-electron chi connectivity index (χ3n) is 7.34. The van der Waals surface area contributed by atoms with Crippen LogP contribution in [0.15, 0.2) is 23.7 Å². The van der Waals surface area contributed by atoms with Crippen LogP contribution in [0.25, 0.3) is 11.2 Å². The van der Waals surface area contributed by atoms with E-state index in [1.165, 1.54) is 17.2 Å². The predicted octanol–water partition coefficient (Wildman–Crippen LogP) is -0.906. The number of primary amides is 1. The second-order valence-corrected chi connectivity index (χ2v) is 16.0. The second-order valence-electron chi connectivity index (χ2n) is 11.0. The average Bonchev–Trinajstić information content (AvgIpc) is 3.77. The van der Waals surface area contributed by atoms with E-state index in [4.69, 9.17) is 39.5 Å². The molecular formula is C23H30N6O14P2Se. The van der Waals surface area contributed by atoms with Crippen LogP contribution in [0.4, 0.5) is 5.82 Å². The van der Waals surface area contributed by atoms with Gasteiger partial charge < -0.3 is 20.7 Å². The molecule has 1 amide bonds. The summed E-state index contributed by atoms with van der Waals surface area (Å²) < 4.78 is 65.1. The van der Waals surface area contributed by atoms with Gasteiger partial charge in [-0.2, -0.15) is 0 Å². The molecule has 3 aromatic rings. The number of hydrogen-bond acceptors (Lipinski definition) is 16. The van der Waals surface area contributed by atoms with Gasteiger partial charge in [-0.15, -0.1) is 0 Å². The summed E-state index contributed by atoms with van der Waals surface area (Å²) in [5.74, 6) is -1.55. The number of rotatable bonds is 11. The summed E-state index contributed by atoms with van der Waals surface area (Å²) in [6.45, 7) is 1.89. The Balaban J connectivity index is 1.06. The number of phosphoric ester groups is 2. The van der Waals surface area contributed by atoms with Crippen molar-refractivity contribution in [2.45, 2.75) is 68.6 Å². The van der Waals surface area contributed by atoms with Crippen molar-refractivity contribution < 1.29 is 66.2 Å². The Labute approximate surface area is 265 Å². The molecule has 0 aromatic carbocycles. The number of aliphatic hydroxyl groups excluding tert-OH is 2. The zero-order chi connectivity index (χ0) is 33.2. The summed E-state index contributed by atoms with van der Waals surface area (Å²) in [5.41, 5.74) is 11.9. The van der Waals surface area contributed by atoms with E-state index in [2.05, 4.69) is 19.3 Å². The quantitative estimate of drug-likeness (QED) is 0.102. The zero-order valence-corrected chi connectivity index (χ0v) is 27.5. The van der Waals surface area contributed by atoms with Crippen molar-refractivity contribution in [3.05, 3.63) is 33.7 Å². The van der Waals surface area contributed by atoms with Gasteiger partial charge >= 0.3 is 177 Å². The molecule has 0 bridgehead atoms. The van der Waals surface area contributed by atoms with Gasteiger partial charge in [-0.25, -0.2) is 15.0 Å². The first-order valence-corrected chi connectivity index (χ1v) is 18.4. The van der Waals surface area contributed by atoms with Gasteiger partial charge in [0.2, 0.25) is 0 Å². The summed E-state index contributed by atoms with van der Waals surface area (Å²) in [5, 5.41) is 21.1. The van der Waals surface area contributed by atoms with E-state index < -0.39 is 89.5 Å². The first kappa shape index (κ1) is 33.7. The van der Waals surface area contributed by atoms with Crippen LogP contribution in [-0.4, -0.2) is 116 Å². The van der Waals surface area contributed by atoms with E-state index >= 15 is 0 Å². The van der Waals surface area contributed by atoms with Crippen molar-refractivity contribution in [2.24, 2.45) is 5.73 Å². The molecule has 23 heteroatoms. The number of hydrogen-bond donors (Lipinski definition) is 6. The molecule has 20 nitrogen and oxygen atoms in total. The van der Waals surface area contributed by atoms with Crippen molar-refractivity contribution in [3.8, 4) is 0 Å². The van der Waals surface area contributed by atoms with Crippen LogP contribution in [0.1, 0.15) is 41.0 Å². The Morgan fingerprint density at radius 2 is 1.72 bits per heavy atom. The summed E-state index contributed by atoms with van der Waals surface area (Å²) in [4.78, 5) is 45.6. The molecule has 3 fully saturated rings. The van der Waals surface area contributed by atoms with E-state index in [1.54, 1.807) is 24.9 Å². The van der Waals surface area contributed by atoms with Crippen LogP contribution in [0, 0.1) is 0 Å². The number of aromatic nitrogens is 4. The number of aliphatic hydroxyl groups is 2. The third-order valence-corrected chi connectivity index (χ3v) is 12.0. The van der Waals surface area contributed by atoms with Gasteiger partial charge in [0, 0.05) is 0 Å². The number of nitrogens with two attached hydrogens (primary N) is 2. The molecule has 2 unspecified atom stereocenters. The van der Waals surface area contributed by atoms with Crippen LogP contribution >= 0.6 is 15.6 Å². The van der Waals surface area contributed by atoms with Crippen LogP contribution in [0.3, 0.4) is 0 Å². The number of nitrogen functional groups attached to an aromatic ring is 1. The number of carbonyl (C=O) groups is 1. The Morgan fingerprint density at radius 1 is 1.04 bits per heavy atom. The number of fused-ring (bicyclic) bond motifs is 2. The maximum absolute atomic E-state index is 12.7. The number of phosphoric acid groups is 2. The minimum atomic E-state index is -5.31. The van der Waals surface area contributed by atoms with Crippen LogP contribution in [0.2, 0.25) is 0 Å². The molecule has 3 saturated heterocycles. The van der Waals surface area contributed by atoms with Crippen LogP contribution in [-0.2, 0) is 41.4 Å². The SMILES string of the molecule is CC1(C)O[C@@H]2[C@H](O1)[C@@H](COP(=O)(O)OP(=O)(O)OC[C@H]1O[C@@H](n3cnc4c(N)ncnc43)[C@H](O)[C@@H]1O)O[C@H]2c1cc(C(N)=O)c[se]1. The van der Waals surface area contributed by atoms with E-state index in [9.17, 15) is 33.9 Å². The molecule has 0 saturated carbocycles. The van der Waals surface area contributed by atoms with Gasteiger partial charge in [0.05, 0.1) is 6.33 Å². The fraction of sp³-hybridized carbons (Fsp3) is 0.565. The predicted molar refractivity (Wildman–Crippen MR) is 152 cm³/mol. The van der Waals surface area contributed by atoms with E-state index in [0.29, 0.717) is 5.56 Å². The molecule has 10 atom stereocenters. The molecule has 0 aliphatic carbocycles. The third kappa shape index (κ3) is 6.73. The zero-order valence-electron chi connectivity index (χ0n) is 24.0. The van der Waals surface area contributed by atoms with Crippen molar-refractivity contribution in [2.75, 3.05) is 18.9 Å². The molecule has 0 radical (unpaired) electrons. The molecular weight excluding hydrogens is 725 g/mol. The number of ether oxygens (including phenoxy) is 4. The number of imidazole rings is 1. The summed E-state index contributed by atoms with van der Waals surface area (Å²) in [6.07, 6.45) is -6.47. The first-order chi connectivity index (χ1) is 21.5. The van der Waals surface area contributed by atoms with Crippen molar-refractivity contribution >= 4 is 53.0 Å². The standard InChI is InChI=1S/C23H30N6O14P2Se/c1-23(2)41-16-11(39-17(18(16)42-23)12-3-9(6-46-12)20(25)32)5-38-45(35,36)43-44(33,34)37-4-10-14(30)15(31)22(40-10)29-8-28-13-19(24)26-7-27-21(13)29/h3,6-8,10-11,14-18,22,30-31H,4-5H2,1-2H3,(H2,25,32)(H,33,34)(H,35,36)(H2,24,26,27)/t10-,11-,14-,15-,16-,17+,18-,22-/m1/s1. The minimum absolute atomic E-state index is 0.0702. The summed E-state index contributed by atoms with van der Waals surface area (Å²) >= 11 is -0.275. The summed E-state index contributed by atoms with van der Waals surface area (Å²) in [7, 11) is -10.6. The van der Waals surface area contributed by atoms with Gasteiger partial charge in [-0.05, 0) is 0 Å². The maximum atomic E-state index is 12.7. The van der Waals surface area contributed by atoms with Crippen LogP contribution in [0.5, 0.6) is 0 Å². The van der Waals surface area contributed by atoms with Gasteiger partial charge in [0.15, 0.2) is 17.7 Å². The monoisotopic (exact) mass is 756 g/mol. The van der Waals surface area contributed by atoms with Crippen LogP contribution < -0.4 is 11.5 Å². The van der Waals surface area contributed by atoms with Gasteiger partial charge in [-0.3, -0.25) is 4.57 Å². The van der Waals surface area contributed by atoms with Crippen molar-refractivity contribution in [1.29, 1.82) is 0 Å². The Kier molecular flexibility index (Phi) is 9.08. The fourth-order valence-electron chi connectivity index (χ4n) is 5.34. The second kappa shape index (κ2) is 12.4. The van der Waals surface area contributed by atoms with E-state index in [1.807, 2.05) is 0 Å². The molecule has 3 aromatic heterocycles. The van der Waals surface area contributed by atoms with Gasteiger partial charge in [0.25, 0.3) is 0 Å². The van der Waals surface area contributed by atoms with E-state index in [-0.39, 0.29) is 31.5 Å². The molecule has 8 N–H and O–H groups in total. The molecule has 252 valence electrons. The number of nitrogens with zero attached hydrogens (tertiary/aromatic N) is 4. The topological polar surface area (TPSA) is 292 Å².